The molecule has 82 valence electrons. The van der Waals surface area contributed by atoms with Gasteiger partial charge in [0.05, 0.1) is 12.2 Å². The Morgan fingerprint density at radius 2 is 2.40 bits per heavy atom. The van der Waals surface area contributed by atoms with Crippen LogP contribution in [0.25, 0.3) is 0 Å². The molecule has 4 nitrogen and oxygen atoms in total. The third kappa shape index (κ3) is 4.56. The predicted octanol–water partition coefficient (Wildman–Crippen LogP) is 0.825. The average molecular weight is 207 g/mol. The standard InChI is InChI=1S/C11H17N3O/c1-2-9(12)7-11(15)14-8-10-5-3-4-6-13-10/h3-6,9H,2,7-8,12H2,1H3,(H,14,15). The van der Waals surface area contributed by atoms with Gasteiger partial charge in [-0.05, 0) is 18.6 Å². The highest BCUT2D eigenvalue weighted by atomic mass is 16.1. The first-order valence-corrected chi connectivity index (χ1v) is 5.14. The first-order chi connectivity index (χ1) is 7.22. The summed E-state index contributed by atoms with van der Waals surface area (Å²) in [5, 5.41) is 2.78. The zero-order chi connectivity index (χ0) is 11.1. The molecule has 1 heterocycles. The van der Waals surface area contributed by atoms with Gasteiger partial charge in [0.2, 0.25) is 5.91 Å². The van der Waals surface area contributed by atoms with Gasteiger partial charge in [0.25, 0.3) is 0 Å². The number of carbonyl (C=O) groups is 1. The first-order valence-electron chi connectivity index (χ1n) is 5.14. The number of pyridine rings is 1. The zero-order valence-electron chi connectivity index (χ0n) is 8.94. The first kappa shape index (κ1) is 11.7. The van der Waals surface area contributed by atoms with E-state index in [-0.39, 0.29) is 11.9 Å². The lowest BCUT2D eigenvalue weighted by Crippen LogP contribution is -2.31. The molecule has 1 rings (SSSR count). The van der Waals surface area contributed by atoms with Crippen LogP contribution in [0.2, 0.25) is 0 Å². The molecule has 0 aliphatic rings. The highest BCUT2D eigenvalue weighted by molar-refractivity contribution is 5.76. The molecule has 0 saturated carbocycles. The van der Waals surface area contributed by atoms with E-state index >= 15 is 0 Å². The van der Waals surface area contributed by atoms with Crippen LogP contribution < -0.4 is 11.1 Å². The van der Waals surface area contributed by atoms with Crippen LogP contribution in [0.4, 0.5) is 0 Å². The minimum Gasteiger partial charge on any atom is -0.350 e. The van der Waals surface area contributed by atoms with Gasteiger partial charge in [0, 0.05) is 18.7 Å². The molecule has 1 unspecified atom stereocenters. The summed E-state index contributed by atoms with van der Waals surface area (Å²) >= 11 is 0. The molecule has 15 heavy (non-hydrogen) atoms. The lowest BCUT2D eigenvalue weighted by Gasteiger charge is -2.08. The van der Waals surface area contributed by atoms with Gasteiger partial charge in [-0.3, -0.25) is 9.78 Å². The van der Waals surface area contributed by atoms with Crippen molar-refractivity contribution in [2.75, 3.05) is 0 Å². The van der Waals surface area contributed by atoms with E-state index in [0.717, 1.165) is 12.1 Å². The Hall–Kier alpha value is -1.42. The number of aromatic nitrogens is 1. The second kappa shape index (κ2) is 6.14. The van der Waals surface area contributed by atoms with Crippen molar-refractivity contribution in [2.45, 2.75) is 32.4 Å². The Kier molecular flexibility index (Phi) is 4.77. The van der Waals surface area contributed by atoms with Crippen LogP contribution in [-0.2, 0) is 11.3 Å². The molecular formula is C11H17N3O. The molecule has 1 aromatic heterocycles. The Morgan fingerprint density at radius 1 is 1.60 bits per heavy atom. The van der Waals surface area contributed by atoms with Crippen LogP contribution in [0.3, 0.4) is 0 Å². The number of amides is 1. The van der Waals surface area contributed by atoms with Gasteiger partial charge in [-0.25, -0.2) is 0 Å². The summed E-state index contributed by atoms with van der Waals surface area (Å²) in [6.45, 7) is 2.44. The number of nitrogens with zero attached hydrogens (tertiary/aromatic N) is 1. The molecule has 0 saturated heterocycles. The Labute approximate surface area is 89.9 Å². The maximum absolute atomic E-state index is 11.4. The van der Waals surface area contributed by atoms with Crippen molar-refractivity contribution in [3.8, 4) is 0 Å². The molecule has 0 aromatic carbocycles. The molecule has 3 N–H and O–H groups in total. The molecule has 0 fully saturated rings. The van der Waals surface area contributed by atoms with Crippen LogP contribution in [0.15, 0.2) is 24.4 Å². The Bertz CT molecular complexity index is 300. The van der Waals surface area contributed by atoms with Crippen molar-refractivity contribution in [1.82, 2.24) is 10.3 Å². The second-order valence-electron chi connectivity index (χ2n) is 3.47. The summed E-state index contributed by atoms with van der Waals surface area (Å²) in [7, 11) is 0. The highest BCUT2D eigenvalue weighted by Crippen LogP contribution is 1.95. The molecule has 0 aliphatic carbocycles. The van der Waals surface area contributed by atoms with Gasteiger partial charge in [-0.15, -0.1) is 0 Å². The Balaban J connectivity index is 2.29. The molecule has 4 heteroatoms. The SMILES string of the molecule is CCC(N)CC(=O)NCc1ccccn1. The number of hydrogen-bond acceptors (Lipinski definition) is 3. The van der Waals surface area contributed by atoms with Crippen LogP contribution in [-0.4, -0.2) is 16.9 Å². The Morgan fingerprint density at radius 3 is 3.00 bits per heavy atom. The normalized spacial score (nSPS) is 12.1. The number of rotatable bonds is 5. The van der Waals surface area contributed by atoms with E-state index in [1.165, 1.54) is 0 Å². The topological polar surface area (TPSA) is 68.0 Å². The van der Waals surface area contributed by atoms with Crippen LogP contribution >= 0.6 is 0 Å². The van der Waals surface area contributed by atoms with Crippen molar-refractivity contribution >= 4 is 5.91 Å². The number of carbonyl (C=O) groups excluding carboxylic acids is 1. The van der Waals surface area contributed by atoms with Crippen molar-refractivity contribution < 1.29 is 4.79 Å². The summed E-state index contributed by atoms with van der Waals surface area (Å²) < 4.78 is 0. The van der Waals surface area contributed by atoms with Crippen molar-refractivity contribution in [3.05, 3.63) is 30.1 Å². The molecule has 1 amide bonds. The number of nitrogens with two attached hydrogens (primary N) is 1. The van der Waals surface area contributed by atoms with E-state index in [4.69, 9.17) is 5.73 Å². The monoisotopic (exact) mass is 207 g/mol. The van der Waals surface area contributed by atoms with Crippen molar-refractivity contribution in [2.24, 2.45) is 5.73 Å². The minimum atomic E-state index is -0.0475. The fourth-order valence-corrected chi connectivity index (χ4v) is 1.15. The van der Waals surface area contributed by atoms with E-state index in [9.17, 15) is 4.79 Å². The predicted molar refractivity (Wildman–Crippen MR) is 59.0 cm³/mol. The molecule has 0 radical (unpaired) electrons. The van der Waals surface area contributed by atoms with Crippen molar-refractivity contribution in [3.63, 3.8) is 0 Å². The smallest absolute Gasteiger partial charge is 0.221 e. The van der Waals surface area contributed by atoms with E-state index in [2.05, 4.69) is 10.3 Å². The van der Waals surface area contributed by atoms with Gasteiger partial charge in [-0.2, -0.15) is 0 Å². The second-order valence-corrected chi connectivity index (χ2v) is 3.47. The highest BCUT2D eigenvalue weighted by Gasteiger charge is 2.06. The minimum absolute atomic E-state index is 0.0185. The lowest BCUT2D eigenvalue weighted by atomic mass is 10.1. The van der Waals surface area contributed by atoms with Crippen LogP contribution in [0, 0.1) is 0 Å². The maximum atomic E-state index is 11.4. The quantitative estimate of drug-likeness (QED) is 0.751. The van der Waals surface area contributed by atoms with E-state index in [0.29, 0.717) is 13.0 Å². The third-order valence-corrected chi connectivity index (χ3v) is 2.16. The van der Waals surface area contributed by atoms with Crippen LogP contribution in [0.1, 0.15) is 25.5 Å². The summed E-state index contributed by atoms with van der Waals surface area (Å²) in [6.07, 6.45) is 2.90. The molecule has 1 aromatic rings. The molecule has 1 atom stereocenters. The van der Waals surface area contributed by atoms with Gasteiger partial charge in [0.1, 0.15) is 0 Å². The van der Waals surface area contributed by atoms with Crippen molar-refractivity contribution in [1.29, 1.82) is 0 Å². The summed E-state index contributed by atoms with van der Waals surface area (Å²) in [5.74, 6) is -0.0185. The summed E-state index contributed by atoms with van der Waals surface area (Å²) in [5.41, 5.74) is 6.52. The van der Waals surface area contributed by atoms with Crippen LogP contribution in [0.5, 0.6) is 0 Å². The molecule has 0 aliphatic heterocycles. The average Bonchev–Trinajstić information content (AvgIpc) is 2.27. The third-order valence-electron chi connectivity index (χ3n) is 2.16. The maximum Gasteiger partial charge on any atom is 0.221 e. The molecular weight excluding hydrogens is 190 g/mol. The van der Waals surface area contributed by atoms with Gasteiger partial charge in [-0.1, -0.05) is 13.0 Å². The van der Waals surface area contributed by atoms with Gasteiger partial charge >= 0.3 is 0 Å². The van der Waals surface area contributed by atoms with E-state index < -0.39 is 0 Å². The lowest BCUT2D eigenvalue weighted by molar-refractivity contribution is -0.121. The number of hydrogen-bond donors (Lipinski definition) is 2. The summed E-state index contributed by atoms with van der Waals surface area (Å²) in [4.78, 5) is 15.5. The molecule has 0 spiro atoms. The van der Waals surface area contributed by atoms with Gasteiger partial charge < -0.3 is 11.1 Å². The molecule has 0 bridgehead atoms. The fourth-order valence-electron chi connectivity index (χ4n) is 1.15. The fraction of sp³-hybridized carbons (Fsp3) is 0.455. The zero-order valence-corrected chi connectivity index (χ0v) is 8.94. The largest absolute Gasteiger partial charge is 0.350 e. The number of nitrogens with one attached hydrogen (secondary N) is 1. The van der Waals surface area contributed by atoms with E-state index in [1.807, 2.05) is 25.1 Å². The van der Waals surface area contributed by atoms with Gasteiger partial charge in [0.15, 0.2) is 0 Å². The van der Waals surface area contributed by atoms with E-state index in [1.54, 1.807) is 6.20 Å². The summed E-state index contributed by atoms with van der Waals surface area (Å²) in [6, 6.07) is 5.57.